The number of nitrogens with one attached hydrogen (secondary N) is 1. The zero-order valence-electron chi connectivity index (χ0n) is 20.3. The Morgan fingerprint density at radius 1 is 1.30 bits per heavy atom. The number of hydrogen-bond acceptors (Lipinski definition) is 9. The number of fused-ring (bicyclic) bond motifs is 1. The lowest BCUT2D eigenvalue weighted by Crippen LogP contribution is -2.04. The Balaban J connectivity index is 1.52. The van der Waals surface area contributed by atoms with E-state index in [4.69, 9.17) is 28.6 Å². The van der Waals surface area contributed by atoms with E-state index in [-0.39, 0.29) is 10.8 Å². The third-order valence-electron chi connectivity index (χ3n) is 5.38. The number of carbonyl (C=O) groups excluding carboxylic acids is 1. The zero-order valence-corrected chi connectivity index (χ0v) is 23.5. The second kappa shape index (κ2) is 12.8. The second-order valence-electron chi connectivity index (χ2n) is 8.15. The van der Waals surface area contributed by atoms with Crippen LogP contribution in [0.4, 0.5) is 15.9 Å². The van der Waals surface area contributed by atoms with Gasteiger partial charge in [0, 0.05) is 35.9 Å². The number of ketones is 1. The summed E-state index contributed by atoms with van der Waals surface area (Å²) in [5, 5.41) is 8.67. The first-order chi connectivity index (χ1) is 17.8. The number of benzene rings is 2. The van der Waals surface area contributed by atoms with E-state index in [9.17, 15) is 9.18 Å². The van der Waals surface area contributed by atoms with Gasteiger partial charge in [0.25, 0.3) is 0 Å². The van der Waals surface area contributed by atoms with Crippen LogP contribution in [0.15, 0.2) is 41.0 Å². The number of halogens is 2. The number of aryl methyl sites for hydroxylation is 2. The molecule has 0 aliphatic rings. The molecule has 0 unspecified atom stereocenters. The minimum atomic E-state index is -0.481. The molecular weight excluding hydrogens is 553 g/mol. The van der Waals surface area contributed by atoms with Crippen molar-refractivity contribution in [2.45, 2.75) is 44.0 Å². The lowest BCUT2D eigenvalue weighted by atomic mass is 10.0. The number of hydrogen-bond donors (Lipinski definition) is 1. The maximum Gasteiger partial charge on any atom is 0.180 e. The van der Waals surface area contributed by atoms with Crippen molar-refractivity contribution in [1.29, 1.82) is 0 Å². The molecule has 0 atom stereocenters. The van der Waals surface area contributed by atoms with E-state index in [0.29, 0.717) is 40.8 Å². The Labute approximate surface area is 232 Å². The molecule has 12 heteroatoms. The number of nitrogens with zero attached hydrogens (tertiary/aromatic N) is 4. The number of Topliss-reactive ketones (excluding diaryl/α,β-unsaturated/α-hetero) is 1. The summed E-state index contributed by atoms with van der Waals surface area (Å²) in [5.74, 6) is 1.75. The van der Waals surface area contributed by atoms with E-state index < -0.39 is 5.82 Å². The van der Waals surface area contributed by atoms with E-state index in [1.54, 1.807) is 24.8 Å². The van der Waals surface area contributed by atoms with Gasteiger partial charge < -0.3 is 10.1 Å². The van der Waals surface area contributed by atoms with Crippen LogP contribution >= 0.6 is 46.9 Å². The number of aromatic nitrogens is 4. The van der Waals surface area contributed by atoms with Crippen molar-refractivity contribution in [3.05, 3.63) is 57.0 Å². The zero-order chi connectivity index (χ0) is 26.4. The Morgan fingerprint density at radius 3 is 2.89 bits per heavy atom. The number of anilines is 2. The van der Waals surface area contributed by atoms with Crippen LogP contribution in [-0.2, 0) is 17.8 Å². The first-order valence-electron chi connectivity index (χ1n) is 11.7. The maximum absolute atomic E-state index is 13.6. The highest BCUT2D eigenvalue weighted by molar-refractivity contribution is 8.01. The number of carbonyl (C=O) groups is 1. The quantitative estimate of drug-likeness (QED) is 0.139. The van der Waals surface area contributed by atoms with Gasteiger partial charge in [0.2, 0.25) is 0 Å². The summed E-state index contributed by atoms with van der Waals surface area (Å²) in [4.78, 5) is 20.0. The van der Waals surface area contributed by atoms with Gasteiger partial charge in [-0.1, -0.05) is 34.7 Å². The Morgan fingerprint density at radius 2 is 2.14 bits per heavy atom. The van der Waals surface area contributed by atoms with Crippen molar-refractivity contribution in [3.63, 3.8) is 0 Å². The predicted octanol–water partition coefficient (Wildman–Crippen LogP) is 7.26. The van der Waals surface area contributed by atoms with Crippen molar-refractivity contribution in [3.8, 4) is 5.75 Å². The van der Waals surface area contributed by atoms with Crippen LogP contribution in [0.5, 0.6) is 5.75 Å². The number of ether oxygens (including phenoxy) is 1. The van der Waals surface area contributed by atoms with Gasteiger partial charge in [0.1, 0.15) is 29.5 Å². The fourth-order valence-corrected chi connectivity index (χ4v) is 6.29. The van der Waals surface area contributed by atoms with Gasteiger partial charge in [-0.2, -0.15) is 5.10 Å². The average molecular weight is 578 g/mol. The second-order valence-corrected chi connectivity index (χ2v) is 11.5. The summed E-state index contributed by atoms with van der Waals surface area (Å²) >= 11 is 14.5. The SMILES string of the molecule is CCOc1cc2ncnc(Nc3ccc(F)c(Cl)c3)c2cc1CCCn1nc(SCCC(C)=O)sc1=S. The molecule has 0 aliphatic heterocycles. The lowest BCUT2D eigenvalue weighted by Gasteiger charge is -2.14. The van der Waals surface area contributed by atoms with Gasteiger partial charge in [-0.25, -0.2) is 19.0 Å². The fraction of sp³-hybridized carbons (Fsp3) is 0.320. The van der Waals surface area contributed by atoms with Gasteiger partial charge in [-0.3, -0.25) is 4.79 Å². The molecule has 0 fully saturated rings. The summed E-state index contributed by atoms with van der Waals surface area (Å²) in [5.41, 5.74) is 2.37. The summed E-state index contributed by atoms with van der Waals surface area (Å²) in [6.45, 7) is 4.73. The van der Waals surface area contributed by atoms with Crippen molar-refractivity contribution in [2.24, 2.45) is 0 Å². The molecule has 2 heterocycles. The molecule has 0 amide bonds. The average Bonchev–Trinajstić information content (AvgIpc) is 3.21. The molecule has 0 spiro atoms. The molecule has 4 aromatic rings. The molecule has 194 valence electrons. The normalized spacial score (nSPS) is 11.1. The molecule has 1 N–H and O–H groups in total. The predicted molar refractivity (Wildman–Crippen MR) is 151 cm³/mol. The minimum Gasteiger partial charge on any atom is -0.494 e. The smallest absolute Gasteiger partial charge is 0.180 e. The molecule has 0 saturated heterocycles. The van der Waals surface area contributed by atoms with E-state index >= 15 is 0 Å². The Kier molecular flexibility index (Phi) is 9.47. The summed E-state index contributed by atoms with van der Waals surface area (Å²) in [6, 6.07) is 8.37. The van der Waals surface area contributed by atoms with Crippen LogP contribution in [0.2, 0.25) is 5.02 Å². The highest BCUT2D eigenvalue weighted by Gasteiger charge is 2.13. The molecule has 0 saturated carbocycles. The van der Waals surface area contributed by atoms with Crippen LogP contribution in [0.25, 0.3) is 10.9 Å². The van der Waals surface area contributed by atoms with Crippen LogP contribution in [0.3, 0.4) is 0 Å². The molecule has 7 nitrogen and oxygen atoms in total. The van der Waals surface area contributed by atoms with E-state index in [0.717, 1.165) is 39.4 Å². The van der Waals surface area contributed by atoms with Gasteiger partial charge in [0.05, 0.1) is 17.1 Å². The van der Waals surface area contributed by atoms with Crippen LogP contribution in [0.1, 0.15) is 32.3 Å². The molecule has 37 heavy (non-hydrogen) atoms. The van der Waals surface area contributed by atoms with Crippen molar-refractivity contribution < 1.29 is 13.9 Å². The van der Waals surface area contributed by atoms with Gasteiger partial charge in [-0.05, 0) is 68.7 Å². The van der Waals surface area contributed by atoms with Crippen molar-refractivity contribution >= 4 is 75.1 Å². The minimum absolute atomic E-state index is 0.0312. The molecule has 4 rings (SSSR count). The molecule has 0 radical (unpaired) electrons. The lowest BCUT2D eigenvalue weighted by molar-refractivity contribution is -0.116. The van der Waals surface area contributed by atoms with Crippen molar-refractivity contribution in [1.82, 2.24) is 19.7 Å². The number of thioether (sulfide) groups is 1. The fourth-order valence-electron chi connectivity index (χ4n) is 3.61. The molecule has 0 aliphatic carbocycles. The first-order valence-corrected chi connectivity index (χ1v) is 14.3. The molecule has 2 aromatic carbocycles. The Hall–Kier alpha value is -2.60. The van der Waals surface area contributed by atoms with E-state index in [1.807, 2.05) is 23.7 Å². The third-order valence-corrected chi connectivity index (χ3v) is 8.12. The van der Waals surface area contributed by atoms with Crippen LogP contribution in [0, 0.1) is 9.77 Å². The Bertz CT molecular complexity index is 1480. The molecule has 0 bridgehead atoms. The van der Waals surface area contributed by atoms with E-state index in [1.165, 1.54) is 29.8 Å². The van der Waals surface area contributed by atoms with Crippen LogP contribution < -0.4 is 10.1 Å². The topological polar surface area (TPSA) is 81.9 Å². The monoisotopic (exact) mass is 577 g/mol. The van der Waals surface area contributed by atoms with Gasteiger partial charge in [-0.15, -0.1) is 0 Å². The summed E-state index contributed by atoms with van der Waals surface area (Å²) in [6.07, 6.45) is 3.52. The van der Waals surface area contributed by atoms with Gasteiger partial charge in [0.15, 0.2) is 8.29 Å². The highest BCUT2D eigenvalue weighted by Crippen LogP contribution is 2.32. The van der Waals surface area contributed by atoms with Gasteiger partial charge >= 0.3 is 0 Å². The highest BCUT2D eigenvalue weighted by atomic mass is 35.5. The van der Waals surface area contributed by atoms with E-state index in [2.05, 4.69) is 20.4 Å². The maximum atomic E-state index is 13.6. The summed E-state index contributed by atoms with van der Waals surface area (Å²) < 4.78 is 22.9. The first kappa shape index (κ1) is 27.4. The molecular formula is C25H25ClFN5O2S3. The standard InChI is InChI=1S/C25H25ClFN5O2S3/c1-3-34-22-13-21-18(23(29-14-28-21)30-17-6-7-20(27)19(26)12-17)11-16(22)5-4-9-32-25(35)37-24(31-32)36-10-8-15(2)33/h6-7,11-14H,3-5,8-10H2,1-2H3,(H,28,29,30). The third kappa shape index (κ3) is 7.25. The number of rotatable bonds is 12. The van der Waals surface area contributed by atoms with Crippen molar-refractivity contribution in [2.75, 3.05) is 17.7 Å². The largest absolute Gasteiger partial charge is 0.494 e. The van der Waals surface area contributed by atoms with Crippen LogP contribution in [-0.4, -0.2) is 37.9 Å². The summed E-state index contributed by atoms with van der Waals surface area (Å²) in [7, 11) is 0. The molecule has 2 aromatic heterocycles.